The second-order valence-electron chi connectivity index (χ2n) is 2.35. The van der Waals surface area contributed by atoms with Crippen LogP contribution in [0.4, 0.5) is 0 Å². The molecule has 0 bridgehead atoms. The molecule has 0 saturated carbocycles. The lowest BCUT2D eigenvalue weighted by molar-refractivity contribution is 1.72. The van der Waals surface area contributed by atoms with E-state index >= 15 is 0 Å². The summed E-state index contributed by atoms with van der Waals surface area (Å²) in [5, 5.41) is 0. The summed E-state index contributed by atoms with van der Waals surface area (Å²) in [6, 6.07) is 4.44. The molecular weight excluding hydrogens is 347 g/mol. The zero-order valence-corrected chi connectivity index (χ0v) is 10.2. The third-order valence-electron chi connectivity index (χ3n) is 1.44. The molecule has 0 N–H and O–H groups in total. The standard InChI is InChI=1S/C6H6B2I2/c7-3-1-5(9)4(8)2-6(3)10/h1-2H,7-8H2. The Morgan fingerprint density at radius 3 is 1.50 bits per heavy atom. The van der Waals surface area contributed by atoms with Crippen molar-refractivity contribution in [3.63, 3.8) is 0 Å². The first kappa shape index (κ1) is 8.90. The molecule has 1 aromatic rings. The molecule has 0 aliphatic heterocycles. The van der Waals surface area contributed by atoms with Gasteiger partial charge in [-0.3, -0.25) is 0 Å². The van der Waals surface area contributed by atoms with Gasteiger partial charge in [0.25, 0.3) is 0 Å². The maximum Gasteiger partial charge on any atom is 0.140 e. The summed E-state index contributed by atoms with van der Waals surface area (Å²) in [5.41, 5.74) is 2.74. The summed E-state index contributed by atoms with van der Waals surface area (Å²) in [5.74, 6) is 0. The Morgan fingerprint density at radius 1 is 0.900 bits per heavy atom. The van der Waals surface area contributed by atoms with Gasteiger partial charge >= 0.3 is 0 Å². The normalized spacial score (nSPS) is 9.80. The minimum atomic E-state index is 1.36. The Morgan fingerprint density at radius 2 is 1.20 bits per heavy atom. The van der Waals surface area contributed by atoms with Crippen LogP contribution in [-0.4, -0.2) is 15.7 Å². The van der Waals surface area contributed by atoms with Gasteiger partial charge in [-0.05, 0) is 45.2 Å². The van der Waals surface area contributed by atoms with Gasteiger partial charge in [0.2, 0.25) is 0 Å². The van der Waals surface area contributed by atoms with Crippen molar-refractivity contribution >= 4 is 71.8 Å². The molecule has 0 aliphatic carbocycles. The second kappa shape index (κ2) is 3.47. The topological polar surface area (TPSA) is 0 Å². The number of halogens is 2. The fourth-order valence-corrected chi connectivity index (χ4v) is 1.99. The lowest BCUT2D eigenvalue weighted by Gasteiger charge is -2.01. The van der Waals surface area contributed by atoms with E-state index in [2.05, 4.69) is 73.0 Å². The van der Waals surface area contributed by atoms with Crippen LogP contribution in [-0.2, 0) is 0 Å². The second-order valence-corrected chi connectivity index (χ2v) is 4.67. The zero-order chi connectivity index (χ0) is 7.72. The molecule has 10 heavy (non-hydrogen) atoms. The molecule has 0 heterocycles. The number of hydrogen-bond donors (Lipinski definition) is 0. The first-order valence-electron chi connectivity index (χ1n) is 3.03. The minimum absolute atomic E-state index is 1.36. The Balaban J connectivity index is 3.28. The first-order chi connectivity index (χ1) is 4.61. The quantitative estimate of drug-likeness (QED) is 0.432. The summed E-state index contributed by atoms with van der Waals surface area (Å²) in [6.45, 7) is 0. The van der Waals surface area contributed by atoms with Crippen LogP contribution in [0.15, 0.2) is 12.1 Å². The smallest absolute Gasteiger partial charge is 0.0749 e. The molecule has 0 saturated heterocycles. The van der Waals surface area contributed by atoms with Crippen LogP contribution >= 0.6 is 45.2 Å². The predicted molar refractivity (Wildman–Crippen MR) is 68.2 cm³/mol. The van der Waals surface area contributed by atoms with Gasteiger partial charge in [0.15, 0.2) is 0 Å². The highest BCUT2D eigenvalue weighted by molar-refractivity contribution is 14.1. The molecule has 0 spiro atoms. The van der Waals surface area contributed by atoms with E-state index < -0.39 is 0 Å². The van der Waals surface area contributed by atoms with Gasteiger partial charge in [-0.2, -0.15) is 0 Å². The fourth-order valence-electron chi connectivity index (χ4n) is 0.746. The highest BCUT2D eigenvalue weighted by atomic mass is 127. The van der Waals surface area contributed by atoms with Gasteiger partial charge in [-0.15, -0.1) is 0 Å². The molecule has 0 nitrogen and oxygen atoms in total. The van der Waals surface area contributed by atoms with Crippen LogP contribution in [0.2, 0.25) is 0 Å². The number of hydrogen-bond acceptors (Lipinski definition) is 0. The molecule has 0 unspecified atom stereocenters. The molecule has 0 atom stereocenters. The van der Waals surface area contributed by atoms with Gasteiger partial charge in [0.05, 0.1) is 0 Å². The highest BCUT2D eigenvalue weighted by Gasteiger charge is 1.97. The first-order valence-corrected chi connectivity index (χ1v) is 5.19. The maximum atomic E-state index is 2.36. The van der Waals surface area contributed by atoms with Gasteiger partial charge < -0.3 is 0 Å². The summed E-state index contributed by atoms with van der Waals surface area (Å²) in [4.78, 5) is 0. The van der Waals surface area contributed by atoms with Crippen LogP contribution in [0.5, 0.6) is 0 Å². The molecule has 4 heteroatoms. The molecule has 0 aromatic heterocycles. The van der Waals surface area contributed by atoms with Crippen molar-refractivity contribution in [3.8, 4) is 0 Å². The van der Waals surface area contributed by atoms with Crippen LogP contribution in [0.25, 0.3) is 0 Å². The third-order valence-corrected chi connectivity index (χ3v) is 3.76. The maximum absolute atomic E-state index is 2.36. The van der Waals surface area contributed by atoms with E-state index in [4.69, 9.17) is 0 Å². The van der Waals surface area contributed by atoms with E-state index in [0.717, 1.165) is 0 Å². The predicted octanol–water partition coefficient (Wildman–Crippen LogP) is -0.587. The van der Waals surface area contributed by atoms with Crippen LogP contribution in [0.1, 0.15) is 0 Å². The van der Waals surface area contributed by atoms with Crippen LogP contribution in [0.3, 0.4) is 0 Å². The van der Waals surface area contributed by atoms with Crippen molar-refractivity contribution in [1.82, 2.24) is 0 Å². The number of benzene rings is 1. The summed E-state index contributed by atoms with van der Waals surface area (Å²) >= 11 is 4.73. The van der Waals surface area contributed by atoms with Crippen molar-refractivity contribution in [2.24, 2.45) is 0 Å². The monoisotopic (exact) mass is 354 g/mol. The van der Waals surface area contributed by atoms with E-state index in [1.165, 1.54) is 18.1 Å². The van der Waals surface area contributed by atoms with Crippen molar-refractivity contribution in [1.29, 1.82) is 0 Å². The van der Waals surface area contributed by atoms with Crippen LogP contribution in [0, 0.1) is 7.14 Å². The average Bonchev–Trinajstić information content (AvgIpc) is 1.84. The van der Waals surface area contributed by atoms with Crippen molar-refractivity contribution < 1.29 is 0 Å². The molecular formula is C6H6B2I2. The largest absolute Gasteiger partial charge is 0.140 e. The van der Waals surface area contributed by atoms with Gasteiger partial charge in [0, 0.05) is 7.14 Å². The van der Waals surface area contributed by atoms with Crippen LogP contribution < -0.4 is 10.9 Å². The van der Waals surface area contributed by atoms with Gasteiger partial charge in [-0.1, -0.05) is 23.1 Å². The average molecular weight is 354 g/mol. The van der Waals surface area contributed by atoms with Crippen molar-refractivity contribution in [2.75, 3.05) is 0 Å². The van der Waals surface area contributed by atoms with E-state index in [0.29, 0.717) is 0 Å². The molecule has 0 radical (unpaired) electrons. The number of rotatable bonds is 0. The van der Waals surface area contributed by atoms with E-state index in [-0.39, 0.29) is 0 Å². The highest BCUT2D eigenvalue weighted by Crippen LogP contribution is 2.02. The Kier molecular flexibility index (Phi) is 3.09. The lowest BCUT2D eigenvalue weighted by Crippen LogP contribution is -2.17. The van der Waals surface area contributed by atoms with Gasteiger partial charge in [-0.25, -0.2) is 0 Å². The summed E-state index contributed by atoms with van der Waals surface area (Å²) < 4.78 is 2.71. The third kappa shape index (κ3) is 1.90. The molecule has 1 aromatic carbocycles. The molecule has 1 rings (SSSR count). The molecule has 0 amide bonds. The molecule has 0 fully saturated rings. The Hall–Kier alpha value is 0.810. The van der Waals surface area contributed by atoms with Gasteiger partial charge in [0.1, 0.15) is 15.7 Å². The van der Waals surface area contributed by atoms with E-state index in [9.17, 15) is 0 Å². The Bertz CT molecular complexity index is 210. The lowest BCUT2D eigenvalue weighted by atomic mass is 9.89. The van der Waals surface area contributed by atoms with Crippen molar-refractivity contribution in [2.45, 2.75) is 0 Å². The minimum Gasteiger partial charge on any atom is -0.0749 e. The summed E-state index contributed by atoms with van der Waals surface area (Å²) in [6.07, 6.45) is 0. The fraction of sp³-hybridized carbons (Fsp3) is 0. The summed E-state index contributed by atoms with van der Waals surface area (Å²) in [7, 11) is 4.28. The van der Waals surface area contributed by atoms with Crippen molar-refractivity contribution in [3.05, 3.63) is 19.3 Å². The van der Waals surface area contributed by atoms with E-state index in [1.807, 2.05) is 0 Å². The Labute approximate surface area is 90.3 Å². The van der Waals surface area contributed by atoms with E-state index in [1.54, 1.807) is 0 Å². The zero-order valence-electron chi connectivity index (χ0n) is 5.91. The molecule has 0 aliphatic rings. The SMILES string of the molecule is Bc1cc(I)c(B)cc1I. The molecule has 50 valence electrons.